The fourth-order valence-electron chi connectivity index (χ4n) is 2.55. The molecule has 0 unspecified atom stereocenters. The summed E-state index contributed by atoms with van der Waals surface area (Å²) in [6.07, 6.45) is 0.766. The molecule has 0 fully saturated rings. The lowest BCUT2D eigenvalue weighted by atomic mass is 10.1. The van der Waals surface area contributed by atoms with E-state index in [4.69, 9.17) is 4.74 Å². The van der Waals surface area contributed by atoms with Crippen LogP contribution in [0.2, 0.25) is 0 Å². The minimum Gasteiger partial charge on any atom is -0.456 e. The predicted molar refractivity (Wildman–Crippen MR) is 106 cm³/mol. The second-order valence-electron chi connectivity index (χ2n) is 6.71. The Morgan fingerprint density at radius 3 is 2.79 bits per heavy atom. The van der Waals surface area contributed by atoms with Crippen LogP contribution >= 0.6 is 11.3 Å². The van der Waals surface area contributed by atoms with Gasteiger partial charge in [-0.25, -0.2) is 9.78 Å². The zero-order chi connectivity index (χ0) is 20.3. The van der Waals surface area contributed by atoms with Crippen molar-refractivity contribution in [1.29, 1.82) is 0 Å². The number of esters is 1. The zero-order valence-corrected chi connectivity index (χ0v) is 16.6. The highest BCUT2D eigenvalue weighted by Crippen LogP contribution is 2.16. The standard InChI is InChI=1S/C19H20N4O4S/c1-11(2)7-16-22-23-17(25)9-15(21-19(23)28-16)10-27-18(26)13-5-4-6-14(8-13)20-12(3)24/h4-6,8-9,11H,7,10H2,1-3H3,(H,20,24). The number of rotatable bonds is 6. The molecule has 9 heteroatoms. The van der Waals surface area contributed by atoms with Crippen LogP contribution in [0.5, 0.6) is 0 Å². The SMILES string of the molecule is CC(=O)Nc1cccc(C(=O)OCc2cc(=O)n3nc(CC(C)C)sc3n2)c1. The molecule has 0 atom stereocenters. The molecule has 2 heterocycles. The number of hydrogen-bond acceptors (Lipinski definition) is 7. The van der Waals surface area contributed by atoms with Gasteiger partial charge in [0.05, 0.1) is 11.3 Å². The van der Waals surface area contributed by atoms with Crippen LogP contribution in [0, 0.1) is 5.92 Å². The van der Waals surface area contributed by atoms with Crippen molar-refractivity contribution < 1.29 is 14.3 Å². The summed E-state index contributed by atoms with van der Waals surface area (Å²) in [4.78, 5) is 40.5. The second kappa shape index (κ2) is 8.30. The van der Waals surface area contributed by atoms with Crippen molar-refractivity contribution >= 4 is 33.9 Å². The molecule has 3 aromatic rings. The van der Waals surface area contributed by atoms with Gasteiger partial charge in [-0.05, 0) is 24.1 Å². The highest BCUT2D eigenvalue weighted by molar-refractivity contribution is 7.16. The van der Waals surface area contributed by atoms with Crippen LogP contribution in [-0.2, 0) is 22.6 Å². The van der Waals surface area contributed by atoms with Crippen molar-refractivity contribution in [2.75, 3.05) is 5.32 Å². The summed E-state index contributed by atoms with van der Waals surface area (Å²) in [6.45, 7) is 5.41. The van der Waals surface area contributed by atoms with Gasteiger partial charge in [0.1, 0.15) is 11.6 Å². The van der Waals surface area contributed by atoms with E-state index in [0.29, 0.717) is 27.8 Å². The van der Waals surface area contributed by atoms with E-state index in [9.17, 15) is 14.4 Å². The fourth-order valence-corrected chi connectivity index (χ4v) is 3.68. The van der Waals surface area contributed by atoms with Crippen molar-refractivity contribution in [2.45, 2.75) is 33.8 Å². The Morgan fingerprint density at radius 2 is 2.07 bits per heavy atom. The molecule has 0 saturated carbocycles. The number of nitrogens with one attached hydrogen (secondary N) is 1. The number of carbonyl (C=O) groups is 2. The van der Waals surface area contributed by atoms with Crippen molar-refractivity contribution in [3.05, 3.63) is 57.0 Å². The molecule has 1 amide bonds. The minimum absolute atomic E-state index is 0.133. The molecule has 0 spiro atoms. The largest absolute Gasteiger partial charge is 0.456 e. The molecule has 28 heavy (non-hydrogen) atoms. The third kappa shape index (κ3) is 4.80. The molecule has 0 saturated heterocycles. The number of benzene rings is 1. The monoisotopic (exact) mass is 400 g/mol. The Labute approximate surface area is 165 Å². The van der Waals surface area contributed by atoms with E-state index >= 15 is 0 Å². The van der Waals surface area contributed by atoms with Crippen LogP contribution in [-0.4, -0.2) is 26.5 Å². The van der Waals surface area contributed by atoms with Gasteiger partial charge in [0.25, 0.3) is 5.56 Å². The Balaban J connectivity index is 1.73. The van der Waals surface area contributed by atoms with Crippen molar-refractivity contribution in [3.63, 3.8) is 0 Å². The number of amides is 1. The van der Waals surface area contributed by atoms with Crippen LogP contribution in [0.15, 0.2) is 35.1 Å². The van der Waals surface area contributed by atoms with E-state index < -0.39 is 5.97 Å². The first-order valence-corrected chi connectivity index (χ1v) is 9.57. The van der Waals surface area contributed by atoms with Gasteiger partial charge in [-0.1, -0.05) is 31.3 Å². The maximum atomic E-state index is 12.3. The zero-order valence-electron chi connectivity index (χ0n) is 15.8. The molecule has 0 radical (unpaired) electrons. The van der Waals surface area contributed by atoms with E-state index in [1.165, 1.54) is 34.9 Å². The van der Waals surface area contributed by atoms with Crippen molar-refractivity contribution in [3.8, 4) is 0 Å². The minimum atomic E-state index is -0.570. The summed E-state index contributed by atoms with van der Waals surface area (Å²) >= 11 is 1.35. The Bertz CT molecular complexity index is 1090. The number of hydrogen-bond donors (Lipinski definition) is 1. The summed E-state index contributed by atoms with van der Waals surface area (Å²) < 4.78 is 6.54. The first kappa shape index (κ1) is 19.7. The summed E-state index contributed by atoms with van der Waals surface area (Å²) in [5.74, 6) is -0.381. The smallest absolute Gasteiger partial charge is 0.338 e. The van der Waals surface area contributed by atoms with Gasteiger partial charge in [0, 0.05) is 25.1 Å². The first-order valence-electron chi connectivity index (χ1n) is 8.75. The summed E-state index contributed by atoms with van der Waals surface area (Å²) in [6, 6.07) is 7.74. The molecule has 0 aliphatic rings. The summed E-state index contributed by atoms with van der Waals surface area (Å²) in [5.41, 5.74) is 0.842. The van der Waals surface area contributed by atoms with E-state index in [1.807, 2.05) is 0 Å². The predicted octanol–water partition coefficient (Wildman–Crippen LogP) is 2.66. The summed E-state index contributed by atoms with van der Waals surface area (Å²) in [5, 5.41) is 7.73. The molecule has 0 aliphatic heterocycles. The number of carbonyl (C=O) groups excluding carboxylic acids is 2. The number of nitrogens with zero attached hydrogens (tertiary/aromatic N) is 3. The van der Waals surface area contributed by atoms with Gasteiger partial charge in [-0.2, -0.15) is 9.61 Å². The summed E-state index contributed by atoms with van der Waals surface area (Å²) in [7, 11) is 0. The third-order valence-electron chi connectivity index (χ3n) is 3.69. The molecule has 1 aromatic carbocycles. The van der Waals surface area contributed by atoms with Crippen LogP contribution in [0.1, 0.15) is 41.8 Å². The Kier molecular flexibility index (Phi) is 5.84. The van der Waals surface area contributed by atoms with Gasteiger partial charge >= 0.3 is 5.97 Å². The number of fused-ring (bicyclic) bond motifs is 1. The quantitative estimate of drug-likeness (QED) is 0.638. The highest BCUT2D eigenvalue weighted by atomic mass is 32.1. The lowest BCUT2D eigenvalue weighted by Crippen LogP contribution is -2.17. The van der Waals surface area contributed by atoms with Crippen LogP contribution in [0.3, 0.4) is 0 Å². The molecular formula is C19H20N4O4S. The maximum absolute atomic E-state index is 12.3. The van der Waals surface area contributed by atoms with Gasteiger partial charge in [-0.3, -0.25) is 9.59 Å². The van der Waals surface area contributed by atoms with E-state index in [1.54, 1.807) is 18.2 Å². The maximum Gasteiger partial charge on any atom is 0.338 e. The van der Waals surface area contributed by atoms with Gasteiger partial charge in [-0.15, -0.1) is 0 Å². The highest BCUT2D eigenvalue weighted by Gasteiger charge is 2.13. The number of anilines is 1. The second-order valence-corrected chi connectivity index (χ2v) is 7.75. The molecule has 0 bridgehead atoms. The van der Waals surface area contributed by atoms with Crippen molar-refractivity contribution in [2.24, 2.45) is 5.92 Å². The number of aromatic nitrogens is 3. The van der Waals surface area contributed by atoms with Gasteiger partial charge in [0.2, 0.25) is 10.9 Å². The molecule has 1 N–H and O–H groups in total. The first-order chi connectivity index (χ1) is 13.3. The Morgan fingerprint density at radius 1 is 1.29 bits per heavy atom. The molecular weight excluding hydrogens is 380 g/mol. The molecule has 8 nitrogen and oxygen atoms in total. The van der Waals surface area contributed by atoms with Crippen LogP contribution < -0.4 is 10.9 Å². The lowest BCUT2D eigenvalue weighted by molar-refractivity contribution is -0.114. The van der Waals surface area contributed by atoms with Crippen molar-refractivity contribution in [1.82, 2.24) is 14.6 Å². The molecule has 0 aliphatic carbocycles. The average Bonchev–Trinajstić information content (AvgIpc) is 3.01. The van der Waals surface area contributed by atoms with Gasteiger partial charge < -0.3 is 10.1 Å². The molecule has 2 aromatic heterocycles. The van der Waals surface area contributed by atoms with E-state index in [0.717, 1.165) is 11.4 Å². The number of ether oxygens (including phenoxy) is 1. The van der Waals surface area contributed by atoms with E-state index in [-0.39, 0.29) is 18.1 Å². The van der Waals surface area contributed by atoms with E-state index in [2.05, 4.69) is 29.2 Å². The Hall–Kier alpha value is -3.07. The molecule has 146 valence electrons. The molecule has 3 rings (SSSR count). The topological polar surface area (TPSA) is 103 Å². The normalized spacial score (nSPS) is 11.0. The fraction of sp³-hybridized carbons (Fsp3) is 0.316. The third-order valence-corrected chi connectivity index (χ3v) is 4.62. The van der Waals surface area contributed by atoms with Crippen LogP contribution in [0.25, 0.3) is 4.96 Å². The lowest BCUT2D eigenvalue weighted by Gasteiger charge is -2.06. The van der Waals surface area contributed by atoms with Crippen LogP contribution in [0.4, 0.5) is 5.69 Å². The van der Waals surface area contributed by atoms with Gasteiger partial charge in [0.15, 0.2) is 0 Å². The average molecular weight is 400 g/mol.